The molecule has 1 atom stereocenters. The summed E-state index contributed by atoms with van der Waals surface area (Å²) in [5, 5.41) is 17.4. The van der Waals surface area contributed by atoms with Gasteiger partial charge in [0, 0.05) is 18.7 Å². The Labute approximate surface area is 224 Å². The summed E-state index contributed by atoms with van der Waals surface area (Å²) in [4.78, 5) is 14.4. The maximum absolute atomic E-state index is 12.8. The Morgan fingerprint density at radius 1 is 1.10 bits per heavy atom. The number of amides is 1. The quantitative estimate of drug-likeness (QED) is 0.483. The van der Waals surface area contributed by atoms with Gasteiger partial charge in [-0.3, -0.25) is 5.10 Å². The van der Waals surface area contributed by atoms with Crippen LogP contribution in [0.3, 0.4) is 0 Å². The Balaban J connectivity index is 1.60. The molecule has 0 spiro atoms. The number of hydrogen-bond donors (Lipinski definition) is 2. The van der Waals surface area contributed by atoms with Crippen LogP contribution in [-0.4, -0.2) is 68.8 Å². The van der Waals surface area contributed by atoms with Crippen molar-refractivity contribution in [2.45, 2.75) is 5.92 Å². The number of rotatable bonds is 6. The van der Waals surface area contributed by atoms with Crippen molar-refractivity contribution in [2.24, 2.45) is 5.73 Å². The summed E-state index contributed by atoms with van der Waals surface area (Å²) in [5.41, 5.74) is 8.97. The number of ether oxygens (including phenoxy) is 6. The minimum atomic E-state index is -0.693. The standard InChI is InChI=1S/C27H27N5O7/c1-34-17-6-4-15(5-7-17)23-22-21(18(14-28)25(29)39-26(22)31-30-23)16-12-19(35-2)24(20(13-16)36-3)38-27(33)32-8-10-37-11-9-32/h4-7,12-13,21H,8-11,29H2,1-3H3,(H,30,31). The van der Waals surface area contributed by atoms with Crippen LogP contribution < -0.4 is 29.4 Å². The van der Waals surface area contributed by atoms with E-state index in [4.69, 9.17) is 34.2 Å². The number of aromatic nitrogens is 2. The van der Waals surface area contributed by atoms with E-state index in [0.717, 1.165) is 5.56 Å². The maximum atomic E-state index is 12.8. The smallest absolute Gasteiger partial charge is 0.415 e. The average molecular weight is 534 g/mol. The fraction of sp³-hybridized carbons (Fsp3) is 0.296. The number of nitrogens with one attached hydrogen (secondary N) is 1. The molecular formula is C27H27N5O7. The predicted molar refractivity (Wildman–Crippen MR) is 138 cm³/mol. The van der Waals surface area contributed by atoms with Crippen LogP contribution in [0.1, 0.15) is 17.0 Å². The third kappa shape index (κ3) is 4.75. The zero-order valence-electron chi connectivity index (χ0n) is 21.6. The minimum absolute atomic E-state index is 0.0662. The molecule has 202 valence electrons. The van der Waals surface area contributed by atoms with Gasteiger partial charge in [-0.2, -0.15) is 5.26 Å². The zero-order valence-corrected chi connectivity index (χ0v) is 21.6. The van der Waals surface area contributed by atoms with Crippen molar-refractivity contribution < 1.29 is 33.2 Å². The van der Waals surface area contributed by atoms with Crippen molar-refractivity contribution in [3.63, 3.8) is 0 Å². The molecule has 0 radical (unpaired) electrons. The summed E-state index contributed by atoms with van der Waals surface area (Å²) in [7, 11) is 4.50. The molecule has 0 saturated carbocycles. The molecule has 12 nitrogen and oxygen atoms in total. The van der Waals surface area contributed by atoms with Gasteiger partial charge in [-0.25, -0.2) is 4.79 Å². The Bertz CT molecular complexity index is 1430. The number of fused-ring (bicyclic) bond motifs is 1. The van der Waals surface area contributed by atoms with Gasteiger partial charge >= 0.3 is 6.09 Å². The highest BCUT2D eigenvalue weighted by Crippen LogP contribution is 2.49. The van der Waals surface area contributed by atoms with Crippen molar-refractivity contribution in [1.29, 1.82) is 5.26 Å². The van der Waals surface area contributed by atoms with Gasteiger partial charge in [0.15, 0.2) is 11.5 Å². The molecule has 2 aliphatic heterocycles. The van der Waals surface area contributed by atoms with Gasteiger partial charge in [0.05, 0.1) is 51.7 Å². The lowest BCUT2D eigenvalue weighted by molar-refractivity contribution is 0.0411. The summed E-state index contributed by atoms with van der Waals surface area (Å²) in [6.45, 7) is 1.69. The first kappa shape index (κ1) is 25.7. The lowest BCUT2D eigenvalue weighted by Gasteiger charge is -2.27. The lowest BCUT2D eigenvalue weighted by atomic mass is 9.82. The number of nitrogens with two attached hydrogens (primary N) is 1. The molecule has 3 N–H and O–H groups in total. The molecule has 0 aliphatic carbocycles. The Hall–Kier alpha value is -4.89. The molecule has 39 heavy (non-hydrogen) atoms. The van der Waals surface area contributed by atoms with Crippen LogP contribution in [0.5, 0.6) is 28.9 Å². The number of nitriles is 1. The summed E-state index contributed by atoms with van der Waals surface area (Å²) >= 11 is 0. The molecule has 12 heteroatoms. The van der Waals surface area contributed by atoms with Gasteiger partial charge in [0.1, 0.15) is 17.4 Å². The number of carbonyl (C=O) groups excluding carboxylic acids is 1. The van der Waals surface area contributed by atoms with Crippen molar-refractivity contribution in [2.75, 3.05) is 47.6 Å². The minimum Gasteiger partial charge on any atom is -0.497 e. The molecule has 1 saturated heterocycles. The van der Waals surface area contributed by atoms with Crippen LogP contribution in [0.4, 0.5) is 4.79 Å². The summed E-state index contributed by atoms with van der Waals surface area (Å²) < 4.78 is 33.2. The molecule has 3 heterocycles. The van der Waals surface area contributed by atoms with Crippen LogP contribution in [0, 0.1) is 11.3 Å². The monoisotopic (exact) mass is 533 g/mol. The Kier molecular flexibility index (Phi) is 7.16. The van der Waals surface area contributed by atoms with Crippen LogP contribution in [-0.2, 0) is 4.74 Å². The number of benzene rings is 2. The van der Waals surface area contributed by atoms with Crippen LogP contribution in [0.15, 0.2) is 47.9 Å². The number of aromatic amines is 1. The van der Waals surface area contributed by atoms with Crippen LogP contribution in [0.25, 0.3) is 11.3 Å². The third-order valence-corrected chi connectivity index (χ3v) is 6.59. The summed E-state index contributed by atoms with van der Waals surface area (Å²) in [5.74, 6) is 0.769. The summed E-state index contributed by atoms with van der Waals surface area (Å²) in [6.07, 6.45) is -0.547. The van der Waals surface area contributed by atoms with E-state index in [2.05, 4.69) is 16.3 Å². The zero-order chi connectivity index (χ0) is 27.5. The lowest BCUT2D eigenvalue weighted by Crippen LogP contribution is -2.42. The number of morpholine rings is 1. The molecule has 1 aromatic heterocycles. The van der Waals surface area contributed by atoms with E-state index >= 15 is 0 Å². The largest absolute Gasteiger partial charge is 0.497 e. The SMILES string of the molecule is COc1ccc(-c2[nH]nc3c2C(c2cc(OC)c(OC(=O)N4CCOCC4)c(OC)c2)C(C#N)=C(N)O3)cc1. The van der Waals surface area contributed by atoms with Crippen LogP contribution in [0.2, 0.25) is 0 Å². The van der Waals surface area contributed by atoms with Crippen molar-refractivity contribution in [3.05, 3.63) is 59.0 Å². The average Bonchev–Trinajstić information content (AvgIpc) is 3.40. The molecule has 1 fully saturated rings. The van der Waals surface area contributed by atoms with Gasteiger partial charge in [-0.15, -0.1) is 5.10 Å². The highest BCUT2D eigenvalue weighted by Gasteiger charge is 2.37. The Morgan fingerprint density at radius 2 is 1.77 bits per heavy atom. The number of H-pyrrole nitrogens is 1. The second-order valence-electron chi connectivity index (χ2n) is 8.69. The predicted octanol–water partition coefficient (Wildman–Crippen LogP) is 3.15. The third-order valence-electron chi connectivity index (χ3n) is 6.59. The van der Waals surface area contributed by atoms with E-state index in [-0.39, 0.29) is 34.6 Å². The van der Waals surface area contributed by atoms with Crippen LogP contribution >= 0.6 is 0 Å². The van der Waals surface area contributed by atoms with E-state index in [1.165, 1.54) is 14.2 Å². The van der Waals surface area contributed by atoms with Gasteiger partial charge < -0.3 is 39.1 Å². The van der Waals surface area contributed by atoms with E-state index in [1.54, 1.807) is 24.1 Å². The van der Waals surface area contributed by atoms with E-state index in [1.807, 2.05) is 24.3 Å². The molecule has 2 aromatic carbocycles. The maximum Gasteiger partial charge on any atom is 0.415 e. The summed E-state index contributed by atoms with van der Waals surface area (Å²) in [6, 6.07) is 12.9. The van der Waals surface area contributed by atoms with Crippen molar-refractivity contribution in [3.8, 4) is 46.2 Å². The van der Waals surface area contributed by atoms with E-state index in [9.17, 15) is 10.1 Å². The number of nitrogens with zero attached hydrogens (tertiary/aromatic N) is 3. The molecular weight excluding hydrogens is 506 g/mol. The highest BCUT2D eigenvalue weighted by atomic mass is 16.6. The Morgan fingerprint density at radius 3 is 2.36 bits per heavy atom. The first-order valence-corrected chi connectivity index (χ1v) is 12.1. The molecule has 1 unspecified atom stereocenters. The number of carbonyl (C=O) groups is 1. The van der Waals surface area contributed by atoms with Gasteiger partial charge in [-0.05, 0) is 42.0 Å². The van der Waals surface area contributed by atoms with Crippen molar-refractivity contribution >= 4 is 6.09 Å². The number of hydrogen-bond acceptors (Lipinski definition) is 10. The first-order valence-electron chi connectivity index (χ1n) is 12.1. The molecule has 5 rings (SSSR count). The molecule has 1 amide bonds. The molecule has 2 aliphatic rings. The van der Waals surface area contributed by atoms with E-state index < -0.39 is 12.0 Å². The topological polar surface area (TPSA) is 154 Å². The fourth-order valence-corrected chi connectivity index (χ4v) is 4.62. The molecule has 3 aromatic rings. The normalized spacial score (nSPS) is 16.6. The van der Waals surface area contributed by atoms with Gasteiger partial charge in [0.25, 0.3) is 0 Å². The second kappa shape index (κ2) is 10.8. The highest BCUT2D eigenvalue weighted by molar-refractivity contribution is 5.75. The van der Waals surface area contributed by atoms with Gasteiger partial charge in [0.2, 0.25) is 17.5 Å². The second-order valence-corrected chi connectivity index (χ2v) is 8.69. The first-order chi connectivity index (χ1) is 19.0. The van der Waals surface area contributed by atoms with Crippen molar-refractivity contribution in [1.82, 2.24) is 15.1 Å². The number of methoxy groups -OCH3 is 3. The fourth-order valence-electron chi connectivity index (χ4n) is 4.62. The van der Waals surface area contributed by atoms with E-state index in [0.29, 0.717) is 48.9 Å². The molecule has 0 bridgehead atoms. The van der Waals surface area contributed by atoms with Gasteiger partial charge in [-0.1, -0.05) is 0 Å². The number of allylic oxidation sites excluding steroid dienone is 1.